The highest BCUT2D eigenvalue weighted by Gasteiger charge is 2.39. The molecule has 0 bridgehead atoms. The molecule has 0 radical (unpaired) electrons. The smallest absolute Gasteiger partial charge is 0.282 e. The van der Waals surface area contributed by atoms with Gasteiger partial charge in [-0.25, -0.2) is 0 Å². The van der Waals surface area contributed by atoms with Crippen LogP contribution in [0.3, 0.4) is 0 Å². The third-order valence-electron chi connectivity index (χ3n) is 3.99. The average molecular weight is 328 g/mol. The maximum atomic E-state index is 12.8. The first-order valence-corrected chi connectivity index (χ1v) is 8.38. The molecule has 4 atom stereocenters. The van der Waals surface area contributed by atoms with Crippen molar-refractivity contribution >= 4 is 22.6 Å². The van der Waals surface area contributed by atoms with Gasteiger partial charge in [-0.1, -0.05) is 0 Å². The number of nitrogens with one attached hydrogen (secondary N) is 1. The fraction of sp³-hybridized carbons (Fsp3) is 1.00. The van der Waals surface area contributed by atoms with Gasteiger partial charge in [0.05, 0.1) is 12.2 Å². The molecule has 0 amide bonds. The number of morpholine rings is 1. The highest BCUT2D eigenvalue weighted by molar-refractivity contribution is 7.86. The minimum atomic E-state index is -3.39. The van der Waals surface area contributed by atoms with E-state index in [1.165, 1.54) is 0 Å². The van der Waals surface area contributed by atoms with Crippen LogP contribution in [0, 0.1) is 0 Å². The Morgan fingerprint density at radius 3 is 2.20 bits per heavy atom. The lowest BCUT2D eigenvalue weighted by molar-refractivity contribution is -0.0460. The number of halogens is 1. The molecular formula is C12H26ClN3O3S. The van der Waals surface area contributed by atoms with Crippen LogP contribution in [0.25, 0.3) is 0 Å². The molecule has 0 aliphatic carbocycles. The Bertz CT molecular complexity index is 410. The van der Waals surface area contributed by atoms with Crippen LogP contribution in [0.15, 0.2) is 0 Å². The lowest BCUT2D eigenvalue weighted by Crippen LogP contribution is -2.62. The van der Waals surface area contributed by atoms with Gasteiger partial charge in [-0.3, -0.25) is 0 Å². The summed E-state index contributed by atoms with van der Waals surface area (Å²) in [4.78, 5) is 0. The van der Waals surface area contributed by atoms with Gasteiger partial charge >= 0.3 is 0 Å². The molecule has 2 saturated heterocycles. The molecule has 4 unspecified atom stereocenters. The highest BCUT2D eigenvalue weighted by atomic mass is 35.5. The van der Waals surface area contributed by atoms with Crippen LogP contribution in [-0.4, -0.2) is 67.5 Å². The predicted molar refractivity (Wildman–Crippen MR) is 81.4 cm³/mol. The molecule has 0 saturated carbocycles. The molecule has 2 fully saturated rings. The molecule has 2 heterocycles. The first-order chi connectivity index (χ1) is 8.82. The number of nitrogens with zero attached hydrogens (tertiary/aromatic N) is 2. The Morgan fingerprint density at radius 1 is 1.10 bits per heavy atom. The summed E-state index contributed by atoms with van der Waals surface area (Å²) < 4.78 is 34.3. The van der Waals surface area contributed by atoms with Crippen LogP contribution >= 0.6 is 12.4 Å². The predicted octanol–water partition coefficient (Wildman–Crippen LogP) is 0.444. The molecule has 6 nitrogen and oxygen atoms in total. The number of rotatable bonds is 2. The molecule has 2 aliphatic rings. The van der Waals surface area contributed by atoms with Gasteiger partial charge in [0.25, 0.3) is 10.2 Å². The van der Waals surface area contributed by atoms with E-state index in [-0.39, 0.29) is 36.7 Å². The van der Waals surface area contributed by atoms with Gasteiger partial charge in [0, 0.05) is 38.3 Å². The first kappa shape index (κ1) is 18.1. The zero-order chi connectivity index (χ0) is 14.2. The fourth-order valence-corrected chi connectivity index (χ4v) is 4.84. The summed E-state index contributed by atoms with van der Waals surface area (Å²) in [5.41, 5.74) is 0. The maximum Gasteiger partial charge on any atom is 0.282 e. The summed E-state index contributed by atoms with van der Waals surface area (Å²) in [6.07, 6.45) is -0.0941. The number of ether oxygens (including phenoxy) is 1. The summed E-state index contributed by atoms with van der Waals surface area (Å²) in [5, 5.41) is 3.30. The van der Waals surface area contributed by atoms with Gasteiger partial charge in [0.2, 0.25) is 0 Å². The van der Waals surface area contributed by atoms with Crippen molar-refractivity contribution in [1.29, 1.82) is 0 Å². The Balaban J connectivity index is 0.00000200. The molecular weight excluding hydrogens is 302 g/mol. The van der Waals surface area contributed by atoms with E-state index in [2.05, 4.69) is 5.32 Å². The molecule has 2 aliphatic heterocycles. The Kier molecular flexibility index (Phi) is 6.25. The van der Waals surface area contributed by atoms with E-state index in [4.69, 9.17) is 4.74 Å². The Labute approximate surface area is 128 Å². The van der Waals surface area contributed by atoms with Gasteiger partial charge in [-0.15, -0.1) is 12.4 Å². The first-order valence-electron chi connectivity index (χ1n) is 6.98. The van der Waals surface area contributed by atoms with Crippen molar-refractivity contribution in [1.82, 2.24) is 13.9 Å². The van der Waals surface area contributed by atoms with E-state index in [0.717, 1.165) is 0 Å². The molecule has 8 heteroatoms. The molecule has 1 N–H and O–H groups in total. The zero-order valence-electron chi connectivity index (χ0n) is 12.6. The minimum Gasteiger partial charge on any atom is -0.373 e. The SMILES string of the molecule is CC1CN(S(=O)(=O)N2CCNC(C)C2C)CC(C)O1.Cl. The highest BCUT2D eigenvalue weighted by Crippen LogP contribution is 2.21. The van der Waals surface area contributed by atoms with E-state index in [1.807, 2.05) is 27.7 Å². The van der Waals surface area contributed by atoms with Gasteiger partial charge in [-0.05, 0) is 27.7 Å². The molecule has 2 rings (SSSR count). The van der Waals surface area contributed by atoms with Crippen LogP contribution < -0.4 is 5.32 Å². The fourth-order valence-electron chi connectivity index (χ4n) is 2.82. The third-order valence-corrected chi connectivity index (χ3v) is 6.04. The van der Waals surface area contributed by atoms with Crippen molar-refractivity contribution in [2.45, 2.75) is 52.0 Å². The minimum absolute atomic E-state index is 0. The Morgan fingerprint density at radius 2 is 1.65 bits per heavy atom. The normalized spacial score (nSPS) is 37.4. The summed E-state index contributed by atoms with van der Waals surface area (Å²) in [7, 11) is -3.39. The van der Waals surface area contributed by atoms with Crippen molar-refractivity contribution in [2.24, 2.45) is 0 Å². The van der Waals surface area contributed by atoms with E-state index in [0.29, 0.717) is 26.2 Å². The molecule has 20 heavy (non-hydrogen) atoms. The summed E-state index contributed by atoms with van der Waals surface area (Å²) in [5.74, 6) is 0. The lowest BCUT2D eigenvalue weighted by atomic mass is 10.1. The molecule has 0 aromatic heterocycles. The van der Waals surface area contributed by atoms with Gasteiger partial charge in [0.15, 0.2) is 0 Å². The monoisotopic (exact) mass is 327 g/mol. The Hall–Kier alpha value is 0.0800. The second-order valence-electron chi connectivity index (χ2n) is 5.68. The van der Waals surface area contributed by atoms with E-state index in [1.54, 1.807) is 8.61 Å². The van der Waals surface area contributed by atoms with E-state index in [9.17, 15) is 8.42 Å². The standard InChI is InChI=1S/C12H25N3O3S.ClH/c1-9-7-14(8-10(2)18-9)19(16,17)15-6-5-13-11(3)12(15)4;/h9-13H,5-8H2,1-4H3;1H. The van der Waals surface area contributed by atoms with E-state index >= 15 is 0 Å². The molecule has 0 spiro atoms. The van der Waals surface area contributed by atoms with Gasteiger partial charge < -0.3 is 10.1 Å². The van der Waals surface area contributed by atoms with Crippen LogP contribution in [0.2, 0.25) is 0 Å². The number of hydrogen-bond donors (Lipinski definition) is 1. The quantitative estimate of drug-likeness (QED) is 0.799. The zero-order valence-corrected chi connectivity index (χ0v) is 14.2. The maximum absolute atomic E-state index is 12.8. The summed E-state index contributed by atoms with van der Waals surface area (Å²) >= 11 is 0. The molecule has 0 aromatic carbocycles. The van der Waals surface area contributed by atoms with Crippen molar-refractivity contribution in [3.05, 3.63) is 0 Å². The van der Waals surface area contributed by atoms with Crippen LogP contribution in [-0.2, 0) is 14.9 Å². The topological polar surface area (TPSA) is 61.9 Å². The van der Waals surface area contributed by atoms with Crippen LogP contribution in [0.1, 0.15) is 27.7 Å². The van der Waals surface area contributed by atoms with Crippen molar-refractivity contribution in [3.63, 3.8) is 0 Å². The lowest BCUT2D eigenvalue weighted by Gasteiger charge is -2.42. The summed E-state index contributed by atoms with van der Waals surface area (Å²) in [6.45, 7) is 9.95. The van der Waals surface area contributed by atoms with Gasteiger partial charge in [0.1, 0.15) is 0 Å². The second kappa shape index (κ2) is 6.89. The van der Waals surface area contributed by atoms with Crippen LogP contribution in [0.5, 0.6) is 0 Å². The second-order valence-corrected chi connectivity index (χ2v) is 7.56. The largest absolute Gasteiger partial charge is 0.373 e. The average Bonchev–Trinajstić information content (AvgIpc) is 2.31. The van der Waals surface area contributed by atoms with Crippen molar-refractivity contribution in [3.8, 4) is 0 Å². The van der Waals surface area contributed by atoms with Crippen molar-refractivity contribution < 1.29 is 13.2 Å². The van der Waals surface area contributed by atoms with E-state index < -0.39 is 10.2 Å². The summed E-state index contributed by atoms with van der Waals surface area (Å²) in [6, 6.07) is 0.159. The van der Waals surface area contributed by atoms with Gasteiger partial charge in [-0.2, -0.15) is 17.0 Å². The van der Waals surface area contributed by atoms with Crippen LogP contribution in [0.4, 0.5) is 0 Å². The third kappa shape index (κ3) is 3.64. The number of hydrogen-bond acceptors (Lipinski definition) is 4. The number of piperazine rings is 1. The molecule has 120 valence electrons. The van der Waals surface area contributed by atoms with Crippen molar-refractivity contribution in [2.75, 3.05) is 26.2 Å². The molecule has 0 aromatic rings.